The highest BCUT2D eigenvalue weighted by molar-refractivity contribution is 6.00. The number of carbonyl (C=O) groups is 2. The Bertz CT molecular complexity index is 819. The molecule has 1 heterocycles. The molecular formula is C20H19F3N2O2. The van der Waals surface area contributed by atoms with E-state index in [9.17, 15) is 22.8 Å². The molecule has 0 N–H and O–H groups in total. The normalized spacial score (nSPS) is 17.3. The molecule has 0 saturated carbocycles. The third-order valence-electron chi connectivity index (χ3n) is 4.62. The standard InChI is InChI=1S/C20H19F3N2O2/c1-24(12-14-5-3-2-4-6-14)19(27)15-11-18(26)25(13-15)17-9-7-16(8-10-17)20(21,22)23/h2-10,15H,11-13H2,1H3. The zero-order valence-corrected chi connectivity index (χ0v) is 14.7. The van der Waals surface area contributed by atoms with Crippen molar-refractivity contribution < 1.29 is 22.8 Å². The van der Waals surface area contributed by atoms with Crippen molar-refractivity contribution in [3.63, 3.8) is 0 Å². The van der Waals surface area contributed by atoms with Gasteiger partial charge in [0.25, 0.3) is 0 Å². The van der Waals surface area contributed by atoms with Gasteiger partial charge in [-0.3, -0.25) is 9.59 Å². The minimum absolute atomic E-state index is 0.0545. The molecule has 1 fully saturated rings. The Labute approximate surface area is 155 Å². The highest BCUT2D eigenvalue weighted by Crippen LogP contribution is 2.32. The number of alkyl halides is 3. The van der Waals surface area contributed by atoms with Crippen LogP contribution in [0.15, 0.2) is 54.6 Å². The van der Waals surface area contributed by atoms with E-state index in [0.29, 0.717) is 12.2 Å². The van der Waals surface area contributed by atoms with Gasteiger partial charge in [-0.1, -0.05) is 30.3 Å². The fourth-order valence-corrected chi connectivity index (χ4v) is 3.20. The average molecular weight is 376 g/mol. The topological polar surface area (TPSA) is 40.6 Å². The maximum Gasteiger partial charge on any atom is 0.416 e. The molecule has 142 valence electrons. The molecule has 0 spiro atoms. The Morgan fingerprint density at radius 2 is 1.74 bits per heavy atom. The number of nitrogens with zero attached hydrogens (tertiary/aromatic N) is 2. The summed E-state index contributed by atoms with van der Waals surface area (Å²) in [5.74, 6) is -0.920. The number of rotatable bonds is 4. The van der Waals surface area contributed by atoms with Crippen molar-refractivity contribution in [1.29, 1.82) is 0 Å². The van der Waals surface area contributed by atoms with E-state index in [1.54, 1.807) is 11.9 Å². The number of hydrogen-bond donors (Lipinski definition) is 0. The first-order valence-corrected chi connectivity index (χ1v) is 8.52. The van der Waals surface area contributed by atoms with Gasteiger partial charge in [-0.25, -0.2) is 0 Å². The number of hydrogen-bond acceptors (Lipinski definition) is 2. The van der Waals surface area contributed by atoms with Crippen LogP contribution in [0.5, 0.6) is 0 Å². The van der Waals surface area contributed by atoms with E-state index < -0.39 is 17.7 Å². The van der Waals surface area contributed by atoms with Gasteiger partial charge < -0.3 is 9.80 Å². The summed E-state index contributed by atoms with van der Waals surface area (Å²) >= 11 is 0. The zero-order valence-electron chi connectivity index (χ0n) is 14.7. The van der Waals surface area contributed by atoms with Crippen LogP contribution >= 0.6 is 0 Å². The van der Waals surface area contributed by atoms with Crippen molar-refractivity contribution in [3.8, 4) is 0 Å². The van der Waals surface area contributed by atoms with Crippen LogP contribution in [0.3, 0.4) is 0 Å². The van der Waals surface area contributed by atoms with Crippen LogP contribution in [0, 0.1) is 5.92 Å². The van der Waals surface area contributed by atoms with E-state index in [4.69, 9.17) is 0 Å². The van der Waals surface area contributed by atoms with Gasteiger partial charge in [0.05, 0.1) is 11.5 Å². The van der Waals surface area contributed by atoms with Crippen LogP contribution in [0.1, 0.15) is 17.5 Å². The Morgan fingerprint density at radius 3 is 2.33 bits per heavy atom. The van der Waals surface area contributed by atoms with E-state index in [1.807, 2.05) is 30.3 Å². The fourth-order valence-electron chi connectivity index (χ4n) is 3.20. The average Bonchev–Trinajstić information content (AvgIpc) is 3.03. The fraction of sp³-hybridized carbons (Fsp3) is 0.300. The molecular weight excluding hydrogens is 357 g/mol. The maximum absolute atomic E-state index is 12.7. The molecule has 4 nitrogen and oxygen atoms in total. The lowest BCUT2D eigenvalue weighted by atomic mass is 10.1. The molecule has 0 aliphatic carbocycles. The smallest absolute Gasteiger partial charge is 0.341 e. The largest absolute Gasteiger partial charge is 0.416 e. The van der Waals surface area contributed by atoms with Gasteiger partial charge >= 0.3 is 6.18 Å². The summed E-state index contributed by atoms with van der Waals surface area (Å²) in [5.41, 5.74) is 0.583. The van der Waals surface area contributed by atoms with E-state index in [-0.39, 0.29) is 24.8 Å². The quantitative estimate of drug-likeness (QED) is 0.816. The van der Waals surface area contributed by atoms with Crippen LogP contribution < -0.4 is 4.90 Å². The Hall–Kier alpha value is -2.83. The predicted molar refractivity (Wildman–Crippen MR) is 94.8 cm³/mol. The highest BCUT2D eigenvalue weighted by Gasteiger charge is 2.37. The first-order valence-electron chi connectivity index (χ1n) is 8.52. The first-order chi connectivity index (χ1) is 12.8. The van der Waals surface area contributed by atoms with E-state index in [1.165, 1.54) is 17.0 Å². The molecule has 0 radical (unpaired) electrons. The molecule has 7 heteroatoms. The van der Waals surface area contributed by atoms with Crippen LogP contribution in [0.25, 0.3) is 0 Å². The molecule has 0 aromatic heterocycles. The molecule has 2 amide bonds. The summed E-state index contributed by atoms with van der Waals surface area (Å²) in [4.78, 5) is 27.9. The number of benzene rings is 2. The van der Waals surface area contributed by atoms with Gasteiger partial charge in [0.2, 0.25) is 11.8 Å². The van der Waals surface area contributed by atoms with Crippen molar-refractivity contribution in [3.05, 3.63) is 65.7 Å². The van der Waals surface area contributed by atoms with Gasteiger partial charge in [-0.05, 0) is 29.8 Å². The molecule has 1 unspecified atom stereocenters. The maximum atomic E-state index is 12.7. The minimum Gasteiger partial charge on any atom is -0.341 e. The highest BCUT2D eigenvalue weighted by atomic mass is 19.4. The van der Waals surface area contributed by atoms with Crippen molar-refractivity contribution in [1.82, 2.24) is 4.90 Å². The van der Waals surface area contributed by atoms with Gasteiger partial charge in [-0.2, -0.15) is 13.2 Å². The summed E-state index contributed by atoms with van der Waals surface area (Å²) < 4.78 is 38.0. The summed E-state index contributed by atoms with van der Waals surface area (Å²) in [6, 6.07) is 13.9. The Balaban J connectivity index is 1.67. The number of anilines is 1. The lowest BCUT2D eigenvalue weighted by molar-refractivity contribution is -0.137. The van der Waals surface area contributed by atoms with Crippen molar-refractivity contribution in [2.24, 2.45) is 5.92 Å². The first kappa shape index (κ1) is 18.9. The molecule has 1 saturated heterocycles. The van der Waals surface area contributed by atoms with Crippen molar-refractivity contribution in [2.75, 3.05) is 18.5 Å². The van der Waals surface area contributed by atoms with Gasteiger partial charge in [0, 0.05) is 32.2 Å². The molecule has 2 aromatic carbocycles. The molecule has 2 aromatic rings. The van der Waals surface area contributed by atoms with Crippen LogP contribution in [0.2, 0.25) is 0 Å². The second kappa shape index (κ2) is 7.42. The lowest BCUT2D eigenvalue weighted by Gasteiger charge is -2.22. The summed E-state index contributed by atoms with van der Waals surface area (Å²) in [6.07, 6.45) is -4.37. The molecule has 1 aliphatic heterocycles. The summed E-state index contributed by atoms with van der Waals surface area (Å²) in [6.45, 7) is 0.604. The second-order valence-corrected chi connectivity index (χ2v) is 6.63. The Morgan fingerprint density at radius 1 is 1.11 bits per heavy atom. The second-order valence-electron chi connectivity index (χ2n) is 6.63. The molecule has 27 heavy (non-hydrogen) atoms. The SMILES string of the molecule is CN(Cc1ccccc1)C(=O)C1CC(=O)N(c2ccc(C(F)(F)F)cc2)C1. The number of halogens is 3. The summed E-state index contributed by atoms with van der Waals surface area (Å²) in [5, 5.41) is 0. The minimum atomic E-state index is -4.42. The lowest BCUT2D eigenvalue weighted by Crippen LogP contribution is -2.34. The molecule has 3 rings (SSSR count). The van der Waals surface area contributed by atoms with Gasteiger partial charge in [0.1, 0.15) is 0 Å². The van der Waals surface area contributed by atoms with E-state index in [2.05, 4.69) is 0 Å². The van der Waals surface area contributed by atoms with Crippen LogP contribution in [-0.2, 0) is 22.3 Å². The zero-order chi connectivity index (χ0) is 19.6. The Kier molecular flexibility index (Phi) is 5.21. The van der Waals surface area contributed by atoms with Gasteiger partial charge in [-0.15, -0.1) is 0 Å². The van der Waals surface area contributed by atoms with Crippen molar-refractivity contribution >= 4 is 17.5 Å². The third-order valence-corrected chi connectivity index (χ3v) is 4.62. The van der Waals surface area contributed by atoms with Crippen LogP contribution in [-0.4, -0.2) is 30.3 Å². The van der Waals surface area contributed by atoms with Crippen LogP contribution in [0.4, 0.5) is 18.9 Å². The van der Waals surface area contributed by atoms with E-state index >= 15 is 0 Å². The van der Waals surface area contributed by atoms with E-state index in [0.717, 1.165) is 17.7 Å². The summed E-state index contributed by atoms with van der Waals surface area (Å²) in [7, 11) is 1.68. The number of amides is 2. The van der Waals surface area contributed by atoms with Crippen molar-refractivity contribution in [2.45, 2.75) is 19.1 Å². The molecule has 1 atom stereocenters. The predicted octanol–water partition coefficient (Wildman–Crippen LogP) is 3.72. The molecule has 0 bridgehead atoms. The monoisotopic (exact) mass is 376 g/mol. The molecule has 1 aliphatic rings. The number of carbonyl (C=O) groups excluding carboxylic acids is 2. The van der Waals surface area contributed by atoms with Gasteiger partial charge in [0.15, 0.2) is 0 Å². The third kappa shape index (κ3) is 4.30.